The molecular weight excluding hydrogens is 208 g/mol. The molecule has 0 spiro atoms. The number of methoxy groups -OCH3 is 3. The lowest BCUT2D eigenvalue weighted by molar-refractivity contribution is 0.166. The Hall–Kier alpha value is -1.68. The first-order valence-electron chi connectivity index (χ1n) is 4.92. The lowest BCUT2D eigenvalue weighted by Crippen LogP contribution is -1.86. The molecule has 0 atom stereocenters. The Labute approximate surface area is 93.7 Å². The van der Waals surface area contributed by atoms with Gasteiger partial charge in [-0.15, -0.1) is 0 Å². The minimum absolute atomic E-state index is 0.445. The molecule has 4 nitrogen and oxygen atoms in total. The van der Waals surface area contributed by atoms with E-state index in [1.165, 1.54) is 0 Å². The zero-order valence-corrected chi connectivity index (χ0v) is 9.57. The number of benzene rings is 1. The van der Waals surface area contributed by atoms with Crippen LogP contribution in [0.2, 0.25) is 0 Å². The SMILES string of the molecule is COCc1cc2cc(OC)cc(OC)c2o1. The maximum absolute atomic E-state index is 5.62. The second kappa shape index (κ2) is 4.45. The predicted molar refractivity (Wildman–Crippen MR) is 60.0 cm³/mol. The van der Waals surface area contributed by atoms with Crippen LogP contribution in [0.15, 0.2) is 22.6 Å². The Morgan fingerprint density at radius 1 is 1.06 bits per heavy atom. The van der Waals surface area contributed by atoms with E-state index in [0.717, 1.165) is 22.5 Å². The Kier molecular flexibility index (Phi) is 3.01. The van der Waals surface area contributed by atoms with Crippen LogP contribution in [0.25, 0.3) is 11.0 Å². The fourth-order valence-corrected chi connectivity index (χ4v) is 1.63. The molecule has 0 radical (unpaired) electrons. The van der Waals surface area contributed by atoms with Gasteiger partial charge in [-0.25, -0.2) is 0 Å². The topological polar surface area (TPSA) is 40.8 Å². The van der Waals surface area contributed by atoms with E-state index in [2.05, 4.69) is 0 Å². The van der Waals surface area contributed by atoms with Crippen LogP contribution in [0.4, 0.5) is 0 Å². The molecule has 0 saturated heterocycles. The molecule has 4 heteroatoms. The number of ether oxygens (including phenoxy) is 3. The monoisotopic (exact) mass is 222 g/mol. The molecular formula is C12H14O4. The Morgan fingerprint density at radius 2 is 1.88 bits per heavy atom. The lowest BCUT2D eigenvalue weighted by Gasteiger charge is -2.04. The summed E-state index contributed by atoms with van der Waals surface area (Å²) in [5.74, 6) is 2.18. The van der Waals surface area contributed by atoms with Crippen molar-refractivity contribution in [2.75, 3.05) is 21.3 Å². The van der Waals surface area contributed by atoms with Gasteiger partial charge in [0.15, 0.2) is 11.3 Å². The highest BCUT2D eigenvalue weighted by Crippen LogP contribution is 2.33. The predicted octanol–water partition coefficient (Wildman–Crippen LogP) is 2.60. The van der Waals surface area contributed by atoms with Crippen molar-refractivity contribution in [1.29, 1.82) is 0 Å². The van der Waals surface area contributed by atoms with E-state index in [9.17, 15) is 0 Å². The first-order valence-corrected chi connectivity index (χ1v) is 4.92. The van der Waals surface area contributed by atoms with Crippen molar-refractivity contribution in [2.45, 2.75) is 6.61 Å². The van der Waals surface area contributed by atoms with Crippen LogP contribution in [0.1, 0.15) is 5.76 Å². The van der Waals surface area contributed by atoms with Crippen molar-refractivity contribution in [2.24, 2.45) is 0 Å². The minimum Gasteiger partial charge on any atom is -0.497 e. The van der Waals surface area contributed by atoms with Gasteiger partial charge in [-0.05, 0) is 12.1 Å². The van der Waals surface area contributed by atoms with Crippen molar-refractivity contribution in [3.63, 3.8) is 0 Å². The molecule has 0 unspecified atom stereocenters. The van der Waals surface area contributed by atoms with E-state index in [0.29, 0.717) is 12.4 Å². The Morgan fingerprint density at radius 3 is 2.50 bits per heavy atom. The number of fused-ring (bicyclic) bond motifs is 1. The maximum atomic E-state index is 5.62. The summed E-state index contributed by atoms with van der Waals surface area (Å²) in [6, 6.07) is 5.62. The average molecular weight is 222 g/mol. The van der Waals surface area contributed by atoms with Crippen molar-refractivity contribution in [3.05, 3.63) is 24.0 Å². The summed E-state index contributed by atoms with van der Waals surface area (Å²) < 4.78 is 21.1. The third kappa shape index (κ3) is 1.84. The molecule has 16 heavy (non-hydrogen) atoms. The third-order valence-electron chi connectivity index (χ3n) is 2.35. The molecule has 2 rings (SSSR count). The summed E-state index contributed by atoms with van der Waals surface area (Å²) in [6.07, 6.45) is 0. The fourth-order valence-electron chi connectivity index (χ4n) is 1.63. The van der Waals surface area contributed by atoms with Crippen LogP contribution >= 0.6 is 0 Å². The normalized spacial score (nSPS) is 10.7. The molecule has 0 bridgehead atoms. The van der Waals surface area contributed by atoms with E-state index in [1.807, 2.05) is 12.1 Å². The number of rotatable bonds is 4. The Balaban J connectivity index is 2.55. The highest BCUT2D eigenvalue weighted by Gasteiger charge is 2.11. The van der Waals surface area contributed by atoms with Gasteiger partial charge in [-0.2, -0.15) is 0 Å². The van der Waals surface area contributed by atoms with Crippen molar-refractivity contribution in [1.82, 2.24) is 0 Å². The molecule has 0 saturated carbocycles. The summed E-state index contributed by atoms with van der Waals surface area (Å²) in [5, 5.41) is 0.947. The van der Waals surface area contributed by atoms with Gasteiger partial charge in [0.1, 0.15) is 18.1 Å². The number of hydrogen-bond acceptors (Lipinski definition) is 4. The molecule has 0 N–H and O–H groups in total. The molecule has 0 fully saturated rings. The van der Waals surface area contributed by atoms with Crippen LogP contribution in [-0.4, -0.2) is 21.3 Å². The standard InChI is InChI=1S/C12H14O4/c1-13-7-10-5-8-4-9(14-2)6-11(15-3)12(8)16-10/h4-6H,7H2,1-3H3. The molecule has 0 amide bonds. The van der Waals surface area contributed by atoms with Gasteiger partial charge in [0.2, 0.25) is 0 Å². The summed E-state index contributed by atoms with van der Waals surface area (Å²) in [5.41, 5.74) is 0.718. The molecule has 2 aromatic rings. The van der Waals surface area contributed by atoms with E-state index in [1.54, 1.807) is 27.4 Å². The second-order valence-electron chi connectivity index (χ2n) is 3.39. The molecule has 0 aliphatic carbocycles. The van der Waals surface area contributed by atoms with E-state index < -0.39 is 0 Å². The van der Waals surface area contributed by atoms with Gasteiger partial charge in [0.25, 0.3) is 0 Å². The zero-order valence-electron chi connectivity index (χ0n) is 9.57. The van der Waals surface area contributed by atoms with Gasteiger partial charge in [-0.3, -0.25) is 0 Å². The van der Waals surface area contributed by atoms with Gasteiger partial charge in [0.05, 0.1) is 14.2 Å². The third-order valence-corrected chi connectivity index (χ3v) is 2.35. The second-order valence-corrected chi connectivity index (χ2v) is 3.39. The Bertz CT molecular complexity index is 487. The van der Waals surface area contributed by atoms with Gasteiger partial charge >= 0.3 is 0 Å². The van der Waals surface area contributed by atoms with E-state index in [-0.39, 0.29) is 0 Å². The van der Waals surface area contributed by atoms with Crippen molar-refractivity contribution in [3.8, 4) is 11.5 Å². The smallest absolute Gasteiger partial charge is 0.176 e. The highest BCUT2D eigenvalue weighted by atomic mass is 16.5. The summed E-state index contributed by atoms with van der Waals surface area (Å²) in [6.45, 7) is 0.445. The first kappa shape index (κ1) is 10.8. The largest absolute Gasteiger partial charge is 0.497 e. The minimum atomic E-state index is 0.445. The quantitative estimate of drug-likeness (QED) is 0.797. The summed E-state index contributed by atoms with van der Waals surface area (Å²) in [4.78, 5) is 0. The zero-order chi connectivity index (χ0) is 11.5. The molecule has 1 aromatic heterocycles. The molecule has 86 valence electrons. The van der Waals surface area contributed by atoms with Crippen LogP contribution < -0.4 is 9.47 Å². The van der Waals surface area contributed by atoms with E-state index >= 15 is 0 Å². The van der Waals surface area contributed by atoms with Crippen molar-refractivity contribution >= 4 is 11.0 Å². The maximum Gasteiger partial charge on any atom is 0.176 e. The fraction of sp³-hybridized carbons (Fsp3) is 0.333. The van der Waals surface area contributed by atoms with Crippen LogP contribution in [0.5, 0.6) is 11.5 Å². The molecule has 0 aliphatic rings. The van der Waals surface area contributed by atoms with Gasteiger partial charge in [-0.1, -0.05) is 0 Å². The first-order chi connectivity index (χ1) is 7.78. The van der Waals surface area contributed by atoms with Crippen LogP contribution in [0, 0.1) is 0 Å². The summed E-state index contributed by atoms with van der Waals surface area (Å²) >= 11 is 0. The van der Waals surface area contributed by atoms with Gasteiger partial charge in [0, 0.05) is 18.6 Å². The average Bonchev–Trinajstić information content (AvgIpc) is 2.70. The lowest BCUT2D eigenvalue weighted by atomic mass is 10.2. The molecule has 1 aromatic carbocycles. The molecule has 0 aliphatic heterocycles. The number of hydrogen-bond donors (Lipinski definition) is 0. The van der Waals surface area contributed by atoms with Gasteiger partial charge < -0.3 is 18.6 Å². The number of furan rings is 1. The highest BCUT2D eigenvalue weighted by molar-refractivity contribution is 5.85. The van der Waals surface area contributed by atoms with E-state index in [4.69, 9.17) is 18.6 Å². The van der Waals surface area contributed by atoms with Crippen LogP contribution in [0.3, 0.4) is 0 Å². The summed E-state index contributed by atoms with van der Waals surface area (Å²) in [7, 11) is 4.86. The van der Waals surface area contributed by atoms with Crippen LogP contribution in [-0.2, 0) is 11.3 Å². The van der Waals surface area contributed by atoms with Crippen molar-refractivity contribution < 1.29 is 18.6 Å². The molecule has 1 heterocycles.